The maximum atomic E-state index is 2.52. The number of hydrogen-bond acceptors (Lipinski definition) is 2. The van der Waals surface area contributed by atoms with Gasteiger partial charge in [0.1, 0.15) is 0 Å². The van der Waals surface area contributed by atoms with Gasteiger partial charge in [0.15, 0.2) is 0 Å². The number of fused-ring (bicyclic) bond motifs is 8. The van der Waals surface area contributed by atoms with Crippen LogP contribution in [0.2, 0.25) is 0 Å². The third-order valence-electron chi connectivity index (χ3n) is 25.6. The van der Waals surface area contributed by atoms with Gasteiger partial charge in [-0.2, -0.15) is 0 Å². The van der Waals surface area contributed by atoms with E-state index in [1.54, 1.807) is 0 Å². The largest absolute Gasteiger partial charge is 0.313 e. The maximum Gasteiger partial charge on any atom is 0.0620 e. The number of nitrogens with zero attached hydrogens (tertiary/aromatic N) is 6. The van der Waals surface area contributed by atoms with Gasteiger partial charge in [-0.25, -0.2) is 0 Å². The van der Waals surface area contributed by atoms with Crippen LogP contribution in [-0.4, -0.2) is 18.3 Å². The van der Waals surface area contributed by atoms with E-state index in [0.717, 1.165) is 56.9 Å². The van der Waals surface area contributed by atoms with Crippen LogP contribution in [0.25, 0.3) is 176 Å². The molecule has 0 amide bonds. The van der Waals surface area contributed by atoms with Gasteiger partial charge >= 0.3 is 0 Å². The van der Waals surface area contributed by atoms with Crippen molar-refractivity contribution in [2.24, 2.45) is 0 Å². The van der Waals surface area contributed by atoms with Crippen LogP contribution in [-0.2, 0) is 0 Å². The van der Waals surface area contributed by atoms with Crippen molar-refractivity contribution in [3.63, 3.8) is 0 Å². The number of anilines is 6. The minimum atomic E-state index is 1.12. The van der Waals surface area contributed by atoms with E-state index in [-0.39, 0.29) is 0 Å². The summed E-state index contributed by atoms with van der Waals surface area (Å²) < 4.78 is 10.0. The fraction of sp³-hybridized carbons (Fsp3) is 0.0345. The van der Waals surface area contributed by atoms with E-state index in [4.69, 9.17) is 0 Å². The lowest BCUT2D eigenvalue weighted by molar-refractivity contribution is 1.04. The molecule has 122 heavy (non-hydrogen) atoms. The highest BCUT2D eigenvalue weighted by molar-refractivity contribution is 6.36. The Balaban J connectivity index is 0.000000142. The third-order valence-corrected chi connectivity index (χ3v) is 25.6. The zero-order valence-corrected chi connectivity index (χ0v) is 68.1. The molecule has 0 saturated carbocycles. The van der Waals surface area contributed by atoms with Gasteiger partial charge < -0.3 is 28.1 Å². The Bertz CT molecular complexity index is 7500. The quantitative estimate of drug-likeness (QED) is 0.101. The van der Waals surface area contributed by atoms with Crippen molar-refractivity contribution in [2.75, 3.05) is 9.80 Å². The maximum absolute atomic E-state index is 2.52. The highest BCUT2D eigenvalue weighted by Gasteiger charge is 2.30. The minimum Gasteiger partial charge on any atom is -0.313 e. The number of benzene rings is 20. The van der Waals surface area contributed by atoms with Crippen molar-refractivity contribution >= 4 is 142 Å². The van der Waals surface area contributed by atoms with Gasteiger partial charge in [0.2, 0.25) is 0 Å². The molecule has 0 N–H and O–H groups in total. The summed E-state index contributed by atoms with van der Waals surface area (Å²) in [7, 11) is 0. The number of para-hydroxylation sites is 6. The van der Waals surface area contributed by atoms with E-state index in [1.807, 2.05) is 0 Å². The lowest BCUT2D eigenvalue weighted by Gasteiger charge is -2.25. The van der Waals surface area contributed by atoms with Gasteiger partial charge in [-0.15, -0.1) is 0 Å². The summed E-state index contributed by atoms with van der Waals surface area (Å²) in [5.74, 6) is 0. The molecule has 0 unspecified atom stereocenters. The second kappa shape index (κ2) is 29.1. The predicted octanol–water partition coefficient (Wildman–Crippen LogP) is 31.8. The zero-order chi connectivity index (χ0) is 81.2. The molecular weight excluding hydrogens is 1480 g/mol. The number of aryl methyl sites for hydroxylation is 2. The Hall–Kier alpha value is -15.8. The molecule has 6 heteroatoms. The smallest absolute Gasteiger partial charge is 0.0620 e. The second-order valence-corrected chi connectivity index (χ2v) is 32.3. The average Bonchev–Trinajstić information content (AvgIpc) is 1.52. The first-order valence-corrected chi connectivity index (χ1v) is 42.2. The molecule has 24 aromatic rings. The summed E-state index contributed by atoms with van der Waals surface area (Å²) in [6, 6.07) is 155. The lowest BCUT2D eigenvalue weighted by Crippen LogP contribution is -2.09. The van der Waals surface area contributed by atoms with E-state index in [0.29, 0.717) is 0 Å². The van der Waals surface area contributed by atoms with Crippen molar-refractivity contribution in [1.82, 2.24) is 18.3 Å². The normalized spacial score (nSPS) is 11.8. The van der Waals surface area contributed by atoms with E-state index >= 15 is 0 Å². The monoisotopic (exact) mass is 1560 g/mol. The van der Waals surface area contributed by atoms with E-state index in [2.05, 4.69) is 480 Å². The van der Waals surface area contributed by atoms with Gasteiger partial charge in [0, 0.05) is 122 Å². The van der Waals surface area contributed by atoms with E-state index in [1.165, 1.54) is 176 Å². The van der Waals surface area contributed by atoms with Crippen molar-refractivity contribution in [3.8, 4) is 67.5 Å². The van der Waals surface area contributed by atoms with Crippen LogP contribution in [0, 0.1) is 27.7 Å². The second-order valence-electron chi connectivity index (χ2n) is 32.3. The first kappa shape index (κ1) is 71.5. The Morgan fingerprint density at radius 1 is 0.180 bits per heavy atom. The van der Waals surface area contributed by atoms with Gasteiger partial charge in [0.05, 0.1) is 33.5 Å². The summed E-state index contributed by atoms with van der Waals surface area (Å²) >= 11 is 0. The fourth-order valence-corrected chi connectivity index (χ4v) is 20.1. The Kier molecular flexibility index (Phi) is 17.1. The van der Waals surface area contributed by atoms with Gasteiger partial charge in [-0.1, -0.05) is 279 Å². The topological polar surface area (TPSA) is 26.2 Å². The predicted molar refractivity (Wildman–Crippen MR) is 518 cm³/mol. The summed E-state index contributed by atoms with van der Waals surface area (Å²) in [5.41, 5.74) is 31.1. The van der Waals surface area contributed by atoms with Crippen LogP contribution in [0.15, 0.2) is 425 Å². The zero-order valence-electron chi connectivity index (χ0n) is 68.1. The standard InChI is InChI=1S/C60H46N4.C56H36N2/c1-39-41(3)61(49-27-31-51(32-28-49)63(45-17-9-5-10-18-45)46-19-11-6-12-20-46)59-53-35-26-44-38-56-40(2)42(4)62(60(56)54-36-25-43(37-55(39)59)57(53)58(44)54)50-29-33-52(34-30-50)64(47-21-13-7-14-22-47)48-23-15-8-16-24-48;1-7-19-37(20-8-1)51-47-35-41-31-34-46-50-42(32-33-45(49(41)50)55(47)57(43-27-15-5-16-28-43)53(51)39-23-11-3-12-24-39)36-48-52(38-21-9-2-10-22-38)54(40-25-13-4-14-26-40)58(56(46)48)44-29-17-6-18-30-44/h5-38H,1-4H3;1-36H. The Morgan fingerprint density at radius 3 is 0.680 bits per heavy atom. The van der Waals surface area contributed by atoms with Gasteiger partial charge in [-0.05, 0) is 250 Å². The summed E-state index contributed by atoms with van der Waals surface area (Å²) in [6.07, 6.45) is 0. The van der Waals surface area contributed by atoms with E-state index < -0.39 is 0 Å². The average molecular weight is 1560 g/mol. The molecule has 0 spiro atoms. The fourth-order valence-electron chi connectivity index (χ4n) is 20.1. The van der Waals surface area contributed by atoms with Gasteiger partial charge in [0.25, 0.3) is 0 Å². The molecule has 24 rings (SSSR count). The molecule has 0 saturated heterocycles. The molecule has 20 aromatic carbocycles. The summed E-state index contributed by atoms with van der Waals surface area (Å²) in [6.45, 7) is 9.09. The minimum absolute atomic E-state index is 1.12. The molecular formula is C116H82N6. The van der Waals surface area contributed by atoms with Crippen molar-refractivity contribution in [1.29, 1.82) is 0 Å². The Morgan fingerprint density at radius 2 is 0.402 bits per heavy atom. The number of rotatable bonds is 14. The highest BCUT2D eigenvalue weighted by Crippen LogP contribution is 2.54. The van der Waals surface area contributed by atoms with Crippen molar-refractivity contribution in [3.05, 3.63) is 447 Å². The molecule has 0 fully saturated rings. The van der Waals surface area contributed by atoms with E-state index in [9.17, 15) is 0 Å². The summed E-state index contributed by atoms with van der Waals surface area (Å²) in [4.78, 5) is 4.64. The molecule has 4 heterocycles. The number of hydrogen-bond donors (Lipinski definition) is 0. The van der Waals surface area contributed by atoms with Crippen molar-refractivity contribution in [2.45, 2.75) is 27.7 Å². The SMILES string of the molecule is Cc1c(C)n(-c2ccc(N(c3ccccc3)c3ccccc3)cc2)c2c1cc1ccc3c4c(ccc2c14)cc1c(C)c(C)n(-c2ccc(N(c4ccccc4)c4ccccc4)cc2)c13.c1ccc(-c2c(-c3ccccc3)n(-c3ccccc3)c3c2cc2ccc4c5c(ccc3c25)cc2c(-c3ccccc3)c(-c3ccccc3)n(-c3ccccc3)c24)cc1. The molecule has 4 aromatic heterocycles. The Labute approximate surface area is 708 Å². The highest BCUT2D eigenvalue weighted by atomic mass is 15.2. The molecule has 0 atom stereocenters. The molecule has 6 nitrogen and oxygen atoms in total. The summed E-state index contributed by atoms with van der Waals surface area (Å²) in [5, 5.41) is 20.4. The van der Waals surface area contributed by atoms with Crippen LogP contribution < -0.4 is 9.80 Å². The molecule has 576 valence electrons. The lowest BCUT2D eigenvalue weighted by atomic mass is 9.89. The van der Waals surface area contributed by atoms with Crippen LogP contribution >= 0.6 is 0 Å². The molecule has 0 radical (unpaired) electrons. The molecule has 0 aliphatic carbocycles. The van der Waals surface area contributed by atoms with Gasteiger partial charge in [-0.3, -0.25) is 0 Å². The molecule has 0 aliphatic rings. The first-order chi connectivity index (χ1) is 60.3. The molecule has 0 aliphatic heterocycles. The van der Waals surface area contributed by atoms with Crippen LogP contribution in [0.4, 0.5) is 34.1 Å². The van der Waals surface area contributed by atoms with Crippen LogP contribution in [0.5, 0.6) is 0 Å². The van der Waals surface area contributed by atoms with Crippen LogP contribution in [0.3, 0.4) is 0 Å². The third kappa shape index (κ3) is 11.4. The molecule has 0 bridgehead atoms. The van der Waals surface area contributed by atoms with Crippen molar-refractivity contribution < 1.29 is 0 Å². The van der Waals surface area contributed by atoms with Crippen LogP contribution in [0.1, 0.15) is 22.5 Å². The first-order valence-electron chi connectivity index (χ1n) is 42.2. The number of aromatic nitrogens is 4.